The molecule has 1 aromatic heterocycles. The van der Waals surface area contributed by atoms with Crippen LogP contribution in [-0.4, -0.2) is 75.4 Å². The Morgan fingerprint density at radius 3 is 2.53 bits per heavy atom. The van der Waals surface area contributed by atoms with Crippen molar-refractivity contribution in [3.63, 3.8) is 0 Å². The van der Waals surface area contributed by atoms with Gasteiger partial charge in [-0.25, -0.2) is 23.1 Å². The van der Waals surface area contributed by atoms with Crippen LogP contribution < -0.4 is 4.90 Å². The Kier molecular flexibility index (Phi) is 4.11. The number of nitro groups is 1. The number of anilines is 1. The Bertz CT molecular complexity index is 1530. The molecule has 4 atom stereocenters. The molecule has 0 aliphatic carbocycles. The van der Waals surface area contributed by atoms with Gasteiger partial charge in [0.15, 0.2) is 11.1 Å². The number of rotatable bonds is 4. The largest absolute Gasteiger partial charge is 0.433 e. The average molecular weight is 483 g/mol. The number of non-ortho nitro benzene ring substituents is 1. The van der Waals surface area contributed by atoms with Gasteiger partial charge in [-0.05, 0) is 12.1 Å². The van der Waals surface area contributed by atoms with Gasteiger partial charge >= 0.3 is 6.03 Å². The Hall–Kier alpha value is -3.68. The summed E-state index contributed by atoms with van der Waals surface area (Å²) in [6, 6.07) is 7.60. The number of imidazole rings is 1. The lowest BCUT2D eigenvalue weighted by atomic mass is 10.1. The van der Waals surface area contributed by atoms with E-state index in [-0.39, 0.29) is 36.2 Å². The molecule has 0 radical (unpaired) electrons. The second-order valence-corrected chi connectivity index (χ2v) is 10.9. The number of amides is 3. The van der Waals surface area contributed by atoms with Gasteiger partial charge in [-0.15, -0.1) is 0 Å². The number of piperazine rings is 1. The van der Waals surface area contributed by atoms with Gasteiger partial charge in [0.25, 0.3) is 21.4 Å². The quantitative estimate of drug-likeness (QED) is 0.234. The van der Waals surface area contributed by atoms with Crippen molar-refractivity contribution >= 4 is 43.9 Å². The number of quaternary nitrogens is 1. The SMILES string of the molecule is Cn1cnc(S(=O)(=O)C2CN3CC4C(=O)N(c5ccc([N+](=O)[O-])c6ccccc56)C(=O)[N+]42C3)c1. The predicted octanol–water partition coefficient (Wildman–Crippen LogP) is 1.22. The Morgan fingerprint density at radius 2 is 1.85 bits per heavy atom. The number of hydrogen-bond donors (Lipinski definition) is 0. The summed E-state index contributed by atoms with van der Waals surface area (Å²) in [7, 11) is -2.37. The van der Waals surface area contributed by atoms with E-state index in [1.807, 2.05) is 4.90 Å². The maximum atomic E-state index is 14.0. The van der Waals surface area contributed by atoms with Crippen molar-refractivity contribution in [2.24, 2.45) is 7.05 Å². The molecular weight excluding hydrogens is 464 g/mol. The van der Waals surface area contributed by atoms with Crippen LogP contribution in [0.2, 0.25) is 0 Å². The summed E-state index contributed by atoms with van der Waals surface area (Å²) >= 11 is 0. The Morgan fingerprint density at radius 1 is 1.12 bits per heavy atom. The van der Waals surface area contributed by atoms with Gasteiger partial charge in [0.1, 0.15) is 6.67 Å². The van der Waals surface area contributed by atoms with Crippen LogP contribution in [0.4, 0.5) is 16.2 Å². The number of aryl methyl sites for hydroxylation is 1. The number of fused-ring (bicyclic) bond motifs is 2. The van der Waals surface area contributed by atoms with Crippen molar-refractivity contribution in [3.05, 3.63) is 59.0 Å². The van der Waals surface area contributed by atoms with E-state index in [0.717, 1.165) is 4.90 Å². The van der Waals surface area contributed by atoms with Gasteiger partial charge in [0.05, 0.1) is 35.4 Å². The first-order valence-corrected chi connectivity index (χ1v) is 12.1. The third-order valence-electron chi connectivity index (χ3n) is 7.05. The topological polar surface area (TPSA) is 136 Å². The minimum Gasteiger partial charge on any atom is -0.339 e. The lowest BCUT2D eigenvalue weighted by Crippen LogP contribution is -2.62. The molecule has 0 saturated carbocycles. The number of hydrogen-bond acceptors (Lipinski definition) is 8. The molecule has 4 heterocycles. The fraction of sp³-hybridized carbons (Fsp3) is 0.286. The number of carbonyl (C=O) groups is 2. The van der Waals surface area contributed by atoms with E-state index in [4.69, 9.17) is 0 Å². The van der Waals surface area contributed by atoms with Crippen LogP contribution in [0.5, 0.6) is 0 Å². The third kappa shape index (κ3) is 2.48. The summed E-state index contributed by atoms with van der Waals surface area (Å²) in [5.41, 5.74) is 0.0690. The molecule has 34 heavy (non-hydrogen) atoms. The summed E-state index contributed by atoms with van der Waals surface area (Å²) in [5.74, 6) is -0.507. The molecule has 13 heteroatoms. The molecule has 3 saturated heterocycles. The van der Waals surface area contributed by atoms with Gasteiger partial charge in [0.2, 0.25) is 5.37 Å². The lowest BCUT2D eigenvalue weighted by molar-refractivity contribution is -0.848. The standard InChI is InChI=1S/C21H19N6O6S/c1-23-9-18(22-11-23)34(32,33)19-10-24-8-17-20(28)25(21(29)27(17,19)12-24)15-6-7-16(26(30)31)14-5-3-2-4-13(14)15/h2-7,9,11,17,19H,8,10,12H2,1H3/q+1. The molecule has 3 aliphatic rings. The van der Waals surface area contributed by atoms with Gasteiger partial charge in [-0.3, -0.25) is 14.9 Å². The van der Waals surface area contributed by atoms with E-state index in [1.54, 1.807) is 31.3 Å². The molecule has 0 N–H and O–H groups in total. The van der Waals surface area contributed by atoms with E-state index < -0.39 is 42.6 Å². The van der Waals surface area contributed by atoms with Crippen molar-refractivity contribution in [3.8, 4) is 0 Å². The van der Waals surface area contributed by atoms with Crippen molar-refractivity contribution in [2.45, 2.75) is 16.4 Å². The van der Waals surface area contributed by atoms with E-state index in [2.05, 4.69) is 4.98 Å². The van der Waals surface area contributed by atoms with Crippen molar-refractivity contribution in [2.75, 3.05) is 24.7 Å². The lowest BCUT2D eigenvalue weighted by Gasteiger charge is -2.32. The van der Waals surface area contributed by atoms with Crippen LogP contribution in [0.1, 0.15) is 0 Å². The van der Waals surface area contributed by atoms with Crippen LogP contribution in [-0.2, 0) is 21.7 Å². The van der Waals surface area contributed by atoms with Crippen molar-refractivity contribution in [1.82, 2.24) is 14.5 Å². The normalized spacial score (nSPS) is 28.1. The van der Waals surface area contributed by atoms with Gasteiger partial charge in [-0.1, -0.05) is 18.2 Å². The van der Waals surface area contributed by atoms with Crippen LogP contribution in [0.15, 0.2) is 53.9 Å². The average Bonchev–Trinajstić information content (AvgIpc) is 3.55. The fourth-order valence-corrected chi connectivity index (χ4v) is 7.55. The molecule has 6 rings (SSSR count). The number of aromatic nitrogens is 2. The summed E-state index contributed by atoms with van der Waals surface area (Å²) in [6.45, 7) is 0.483. The second kappa shape index (κ2) is 6.68. The second-order valence-electron chi connectivity index (χ2n) is 8.86. The summed E-state index contributed by atoms with van der Waals surface area (Å²) < 4.78 is 28.0. The first-order chi connectivity index (χ1) is 16.2. The van der Waals surface area contributed by atoms with Gasteiger partial charge in [-0.2, -0.15) is 9.38 Å². The molecule has 1 spiro atoms. The van der Waals surface area contributed by atoms with Gasteiger partial charge < -0.3 is 4.57 Å². The van der Waals surface area contributed by atoms with Crippen molar-refractivity contribution in [1.29, 1.82) is 0 Å². The van der Waals surface area contributed by atoms with Crippen LogP contribution in [0.25, 0.3) is 10.8 Å². The Labute approximate surface area is 193 Å². The highest BCUT2D eigenvalue weighted by molar-refractivity contribution is 7.91. The molecule has 2 aromatic carbocycles. The maximum absolute atomic E-state index is 14.0. The highest BCUT2D eigenvalue weighted by Crippen LogP contribution is 2.47. The number of sulfone groups is 1. The molecule has 3 fully saturated rings. The van der Waals surface area contributed by atoms with Gasteiger partial charge in [0, 0.05) is 24.7 Å². The number of benzene rings is 2. The minimum absolute atomic E-state index is 0.105. The van der Waals surface area contributed by atoms with Crippen LogP contribution in [0, 0.1) is 10.1 Å². The van der Waals surface area contributed by atoms with E-state index >= 15 is 0 Å². The molecule has 3 amide bonds. The predicted molar refractivity (Wildman–Crippen MR) is 118 cm³/mol. The fourth-order valence-electron chi connectivity index (χ4n) is 5.55. The number of urea groups is 1. The number of imide groups is 1. The van der Waals surface area contributed by atoms with Crippen LogP contribution >= 0.6 is 0 Å². The minimum atomic E-state index is -4.03. The number of nitrogens with zero attached hydrogens (tertiary/aromatic N) is 6. The van der Waals surface area contributed by atoms with E-state index in [9.17, 15) is 28.1 Å². The summed E-state index contributed by atoms with van der Waals surface area (Å²) in [6.07, 6.45) is 2.76. The number of carbonyl (C=O) groups excluding carboxylic acids is 2. The molecule has 3 aromatic rings. The van der Waals surface area contributed by atoms with E-state index in [1.165, 1.54) is 29.2 Å². The molecule has 12 nitrogen and oxygen atoms in total. The molecule has 2 bridgehead atoms. The molecule has 3 aliphatic heterocycles. The molecule has 4 unspecified atom stereocenters. The highest BCUT2D eigenvalue weighted by atomic mass is 32.2. The Balaban J connectivity index is 1.50. The highest BCUT2D eigenvalue weighted by Gasteiger charge is 2.75. The third-order valence-corrected chi connectivity index (χ3v) is 9.08. The molecule has 174 valence electrons. The first-order valence-electron chi connectivity index (χ1n) is 10.5. The maximum Gasteiger partial charge on any atom is 0.433 e. The zero-order valence-electron chi connectivity index (χ0n) is 17.9. The monoisotopic (exact) mass is 483 g/mol. The first kappa shape index (κ1) is 20.9. The summed E-state index contributed by atoms with van der Waals surface area (Å²) in [4.78, 5) is 45.3. The van der Waals surface area contributed by atoms with Crippen molar-refractivity contribution < 1.29 is 27.4 Å². The smallest absolute Gasteiger partial charge is 0.339 e. The number of nitro benzene ring substituents is 1. The zero-order chi connectivity index (χ0) is 24.0. The zero-order valence-corrected chi connectivity index (χ0v) is 18.8. The van der Waals surface area contributed by atoms with E-state index in [0.29, 0.717) is 10.8 Å². The summed E-state index contributed by atoms with van der Waals surface area (Å²) in [5, 5.41) is 10.9. The molecular formula is C21H19N6O6S+. The van der Waals surface area contributed by atoms with Crippen LogP contribution in [0.3, 0.4) is 0 Å².